The second-order valence-electron chi connectivity index (χ2n) is 5.01. The number of hydrogen-bond acceptors (Lipinski definition) is 1. The lowest BCUT2D eigenvalue weighted by Gasteiger charge is -2.09. The van der Waals surface area contributed by atoms with Crippen LogP contribution in [0.5, 0.6) is 0 Å². The molecular formula is C18H25F3N2. The molecule has 0 aliphatic carbocycles. The molecule has 5 heteroatoms. The Morgan fingerprint density at radius 3 is 2.57 bits per heavy atom. The summed E-state index contributed by atoms with van der Waals surface area (Å²) in [6, 6.07) is 1.89. The Bertz CT molecular complexity index is 568. The first-order chi connectivity index (χ1) is 11.0. The molecular weight excluding hydrogens is 301 g/mol. The molecule has 0 N–H and O–H groups in total. The summed E-state index contributed by atoms with van der Waals surface area (Å²) in [6.07, 6.45) is 3.78. The Morgan fingerprint density at radius 1 is 1.35 bits per heavy atom. The van der Waals surface area contributed by atoms with Gasteiger partial charge in [-0.2, -0.15) is 18.3 Å². The molecule has 0 bridgehead atoms. The van der Waals surface area contributed by atoms with E-state index in [1.807, 2.05) is 24.6 Å². The van der Waals surface area contributed by atoms with E-state index in [0.717, 1.165) is 25.1 Å². The van der Waals surface area contributed by atoms with Crippen LogP contribution in [0, 0.1) is 0 Å². The highest BCUT2D eigenvalue weighted by molar-refractivity contribution is 5.74. The molecule has 0 atom stereocenters. The van der Waals surface area contributed by atoms with Crippen molar-refractivity contribution in [2.45, 2.75) is 59.7 Å². The van der Waals surface area contributed by atoms with Crippen LogP contribution in [0.1, 0.15) is 51.9 Å². The molecule has 0 spiro atoms. The number of halogens is 3. The zero-order valence-electron chi connectivity index (χ0n) is 14.2. The maximum Gasteiger partial charge on any atom is 0.416 e. The van der Waals surface area contributed by atoms with E-state index in [9.17, 15) is 13.2 Å². The molecule has 0 fully saturated rings. The maximum atomic E-state index is 13.0. The van der Waals surface area contributed by atoms with Crippen LogP contribution in [0.3, 0.4) is 0 Å². The van der Waals surface area contributed by atoms with E-state index in [4.69, 9.17) is 0 Å². The fraction of sp³-hybridized carbons (Fsp3) is 0.500. The molecule has 2 rings (SSSR count). The molecule has 1 aliphatic rings. The van der Waals surface area contributed by atoms with Gasteiger partial charge in [-0.1, -0.05) is 39.0 Å². The van der Waals surface area contributed by atoms with Gasteiger partial charge in [0.15, 0.2) is 0 Å². The van der Waals surface area contributed by atoms with Gasteiger partial charge in [0.1, 0.15) is 0 Å². The highest BCUT2D eigenvalue weighted by Crippen LogP contribution is 2.30. The minimum atomic E-state index is -4.34. The van der Waals surface area contributed by atoms with Crippen molar-refractivity contribution in [3.63, 3.8) is 0 Å². The zero-order chi connectivity index (χ0) is 17.5. The van der Waals surface area contributed by atoms with E-state index in [0.29, 0.717) is 17.7 Å². The van der Waals surface area contributed by atoms with Crippen molar-refractivity contribution in [3.8, 4) is 0 Å². The molecule has 0 radical (unpaired) electrons. The van der Waals surface area contributed by atoms with Crippen molar-refractivity contribution >= 4 is 5.57 Å². The second-order valence-corrected chi connectivity index (χ2v) is 5.01. The van der Waals surface area contributed by atoms with Crippen LogP contribution in [0.15, 0.2) is 35.9 Å². The molecule has 2 heterocycles. The van der Waals surface area contributed by atoms with Gasteiger partial charge in [-0.3, -0.25) is 4.68 Å². The minimum Gasteiger partial charge on any atom is -0.269 e. The van der Waals surface area contributed by atoms with E-state index in [1.54, 1.807) is 26.0 Å². The lowest BCUT2D eigenvalue weighted by molar-refractivity contribution is -0.0883. The number of rotatable bonds is 4. The summed E-state index contributed by atoms with van der Waals surface area (Å²) in [4.78, 5) is 0. The fourth-order valence-corrected chi connectivity index (χ4v) is 2.43. The highest BCUT2D eigenvalue weighted by Gasteiger charge is 2.32. The van der Waals surface area contributed by atoms with Crippen LogP contribution in [0.2, 0.25) is 0 Å². The first kappa shape index (κ1) is 19.3. The summed E-state index contributed by atoms with van der Waals surface area (Å²) < 4.78 is 40.9. The predicted octanol–water partition coefficient (Wildman–Crippen LogP) is 5.71. The van der Waals surface area contributed by atoms with Gasteiger partial charge in [0.25, 0.3) is 0 Å². The number of aryl methyl sites for hydroxylation is 2. The molecule has 128 valence electrons. The van der Waals surface area contributed by atoms with Crippen LogP contribution in [-0.2, 0) is 13.0 Å². The molecule has 1 aliphatic heterocycles. The molecule has 1 aromatic heterocycles. The Labute approximate surface area is 136 Å². The van der Waals surface area contributed by atoms with E-state index < -0.39 is 11.7 Å². The van der Waals surface area contributed by atoms with Gasteiger partial charge in [-0.15, -0.1) is 0 Å². The molecule has 23 heavy (non-hydrogen) atoms. The van der Waals surface area contributed by atoms with E-state index in [2.05, 4.69) is 5.10 Å². The second kappa shape index (κ2) is 8.75. The number of nitrogens with zero attached hydrogens (tertiary/aromatic N) is 2. The molecule has 0 saturated heterocycles. The van der Waals surface area contributed by atoms with Crippen LogP contribution < -0.4 is 0 Å². The number of hydrogen-bond donors (Lipinski definition) is 0. The van der Waals surface area contributed by atoms with Crippen LogP contribution in [-0.4, -0.2) is 16.0 Å². The van der Waals surface area contributed by atoms with Crippen molar-refractivity contribution in [2.24, 2.45) is 0 Å². The number of alkyl halides is 3. The maximum absolute atomic E-state index is 13.0. The highest BCUT2D eigenvalue weighted by atomic mass is 19.4. The smallest absolute Gasteiger partial charge is 0.269 e. The third kappa shape index (κ3) is 5.12. The molecule has 0 aromatic carbocycles. The lowest BCUT2D eigenvalue weighted by Crippen LogP contribution is -2.10. The third-order valence-corrected chi connectivity index (χ3v) is 3.37. The molecule has 1 aromatic rings. The summed E-state index contributed by atoms with van der Waals surface area (Å²) in [5.41, 5.74) is 1.57. The topological polar surface area (TPSA) is 17.8 Å². The fourth-order valence-electron chi connectivity index (χ4n) is 2.43. The van der Waals surface area contributed by atoms with E-state index >= 15 is 0 Å². The lowest BCUT2D eigenvalue weighted by atomic mass is 10.1. The Morgan fingerprint density at radius 2 is 2.04 bits per heavy atom. The van der Waals surface area contributed by atoms with Gasteiger partial charge in [-0.25, -0.2) is 0 Å². The molecule has 0 saturated carbocycles. The van der Waals surface area contributed by atoms with Gasteiger partial charge in [-0.05, 0) is 38.3 Å². The average Bonchev–Trinajstić information content (AvgIpc) is 3.08. The summed E-state index contributed by atoms with van der Waals surface area (Å²) in [5.74, 6) is 0. The molecule has 0 amide bonds. The van der Waals surface area contributed by atoms with Crippen molar-refractivity contribution in [3.05, 3.63) is 47.3 Å². The van der Waals surface area contributed by atoms with Crippen LogP contribution in [0.4, 0.5) is 13.2 Å². The summed E-state index contributed by atoms with van der Waals surface area (Å²) >= 11 is 0. The van der Waals surface area contributed by atoms with Gasteiger partial charge in [0.2, 0.25) is 0 Å². The largest absolute Gasteiger partial charge is 0.416 e. The van der Waals surface area contributed by atoms with Crippen molar-refractivity contribution in [2.75, 3.05) is 0 Å². The number of aromatic nitrogens is 2. The first-order valence-electron chi connectivity index (χ1n) is 8.14. The van der Waals surface area contributed by atoms with Crippen molar-refractivity contribution in [1.29, 1.82) is 0 Å². The quantitative estimate of drug-likeness (QED) is 0.648. The zero-order valence-corrected chi connectivity index (χ0v) is 14.2. The van der Waals surface area contributed by atoms with Crippen LogP contribution in [0.25, 0.3) is 5.57 Å². The van der Waals surface area contributed by atoms with Gasteiger partial charge in [0.05, 0.1) is 11.3 Å². The monoisotopic (exact) mass is 326 g/mol. The standard InChI is InChI=1S/C16H19F3N2.C2H6/c1-3-6-12(10-13(7-4-2)16(17,18)19)15-11-14-8-5-9-21(14)20-15;1-2/h3,6-7,10-11H,4-5,8-9H2,1-2H3;1-2H3/b6-3-,12-10+,13-7-;. The SMILES string of the molecule is CC.C\C=C/C(=C\C(=C\CC)C(F)(F)F)c1cc2n(n1)CCC2. The Balaban J connectivity index is 0.00000127. The number of fused-ring (bicyclic) bond motifs is 1. The summed E-state index contributed by atoms with van der Waals surface area (Å²) in [7, 11) is 0. The normalized spacial score (nSPS) is 15.6. The summed E-state index contributed by atoms with van der Waals surface area (Å²) in [6.45, 7) is 8.32. The predicted molar refractivity (Wildman–Crippen MR) is 89.1 cm³/mol. The minimum absolute atomic E-state index is 0.341. The van der Waals surface area contributed by atoms with Gasteiger partial charge >= 0.3 is 6.18 Å². The van der Waals surface area contributed by atoms with Gasteiger partial charge in [0, 0.05) is 17.8 Å². The van der Waals surface area contributed by atoms with E-state index in [1.165, 1.54) is 12.2 Å². The average molecular weight is 326 g/mol. The molecule has 0 unspecified atom stereocenters. The van der Waals surface area contributed by atoms with E-state index in [-0.39, 0.29) is 0 Å². The van der Waals surface area contributed by atoms with Gasteiger partial charge < -0.3 is 0 Å². The molecule has 2 nitrogen and oxygen atoms in total. The van der Waals surface area contributed by atoms with Crippen LogP contribution >= 0.6 is 0 Å². The first-order valence-corrected chi connectivity index (χ1v) is 8.14. The number of allylic oxidation sites excluding steroid dienone is 6. The summed E-state index contributed by atoms with van der Waals surface area (Å²) in [5, 5.41) is 4.41. The van der Waals surface area contributed by atoms with Crippen molar-refractivity contribution < 1.29 is 13.2 Å². The Kier molecular flexibility index (Phi) is 7.33. The third-order valence-electron chi connectivity index (χ3n) is 3.37. The van der Waals surface area contributed by atoms with Crippen molar-refractivity contribution in [1.82, 2.24) is 9.78 Å². The Hall–Kier alpha value is -1.78.